The van der Waals surface area contributed by atoms with Crippen LogP contribution in [0.4, 0.5) is 28.0 Å². The zero-order valence-electron chi connectivity index (χ0n) is 20.6. The lowest BCUT2D eigenvalue weighted by Gasteiger charge is -2.25. The molecule has 0 spiro atoms. The summed E-state index contributed by atoms with van der Waals surface area (Å²) in [4.78, 5) is 26.7. The summed E-state index contributed by atoms with van der Waals surface area (Å²) >= 11 is 0. The van der Waals surface area contributed by atoms with Crippen molar-refractivity contribution in [3.8, 4) is 5.75 Å². The lowest BCUT2D eigenvalue weighted by atomic mass is 10.1. The molecule has 0 bridgehead atoms. The third-order valence-corrected chi connectivity index (χ3v) is 7.05. The van der Waals surface area contributed by atoms with E-state index in [1.807, 2.05) is 0 Å². The molecule has 2 aromatic rings. The molecule has 1 aliphatic carbocycles. The van der Waals surface area contributed by atoms with Gasteiger partial charge in [0.05, 0.1) is 17.2 Å². The number of alkyl carbamates (subject to hydrolysis) is 1. The van der Waals surface area contributed by atoms with E-state index < -0.39 is 44.4 Å². The number of hydrogen-bond acceptors (Lipinski definition) is 7. The Kier molecular flexibility index (Phi) is 6.62. The average Bonchev–Trinajstić information content (AvgIpc) is 3.45. The van der Waals surface area contributed by atoms with Crippen molar-refractivity contribution < 1.29 is 39.7 Å². The van der Waals surface area contributed by atoms with Crippen LogP contribution in [0.3, 0.4) is 0 Å². The van der Waals surface area contributed by atoms with Crippen molar-refractivity contribution in [3.63, 3.8) is 0 Å². The number of halogens is 4. The van der Waals surface area contributed by atoms with Gasteiger partial charge < -0.3 is 23.7 Å². The van der Waals surface area contributed by atoms with Crippen LogP contribution in [-0.4, -0.2) is 49.3 Å². The molecule has 1 N–H and O–H groups in total. The Balaban J connectivity index is 1.75. The van der Waals surface area contributed by atoms with E-state index in [1.165, 1.54) is 11.5 Å². The van der Waals surface area contributed by atoms with Crippen LogP contribution in [0.5, 0.6) is 5.75 Å². The van der Waals surface area contributed by atoms with E-state index in [1.54, 1.807) is 25.7 Å². The number of alkyl halides is 3. The molecule has 1 saturated heterocycles. The minimum Gasteiger partial charge on any atom is -0.444 e. The Morgan fingerprint density at radius 1 is 1.14 bits per heavy atom. The molecular weight excluding hydrogens is 522 g/mol. The number of aryl methyl sites for hydroxylation is 1. The molecule has 2 heterocycles. The van der Waals surface area contributed by atoms with E-state index in [-0.39, 0.29) is 40.8 Å². The molecule has 1 unspecified atom stereocenters. The quantitative estimate of drug-likeness (QED) is 0.340. The summed E-state index contributed by atoms with van der Waals surface area (Å²) in [6.45, 7) is 7.23. The molecule has 2 aliphatic rings. The van der Waals surface area contributed by atoms with Crippen LogP contribution < -0.4 is 20.0 Å². The molecule has 14 heteroatoms. The number of anilines is 1. The number of fused-ring (bicyclic) bond motifs is 1. The standard InChI is InChI=1S/C23H27F4N3O6S/c1-12-19-15(17(36-37(33,34)23(25,26)27)10-18(31)30(19)14-5-6-14)9-16(24)20(12)29-8-7-13(11-29)28-21(32)35-22(2,3)4/h9-10,13-14H,5-8,11H2,1-4H3,(H,28,32). The maximum absolute atomic E-state index is 15.5. The monoisotopic (exact) mass is 549 g/mol. The van der Waals surface area contributed by atoms with E-state index in [0.717, 1.165) is 6.07 Å². The number of rotatable bonds is 5. The van der Waals surface area contributed by atoms with Gasteiger partial charge in [0, 0.05) is 30.6 Å². The number of carbonyl (C=O) groups is 1. The predicted octanol–water partition coefficient (Wildman–Crippen LogP) is 4.12. The first-order valence-corrected chi connectivity index (χ1v) is 13.0. The van der Waals surface area contributed by atoms with Gasteiger partial charge in [0.2, 0.25) is 0 Å². The van der Waals surface area contributed by atoms with Crippen LogP contribution >= 0.6 is 0 Å². The molecule has 1 aliphatic heterocycles. The predicted molar refractivity (Wildman–Crippen MR) is 127 cm³/mol. The van der Waals surface area contributed by atoms with E-state index in [2.05, 4.69) is 9.50 Å². The minimum atomic E-state index is -6.09. The summed E-state index contributed by atoms with van der Waals surface area (Å²) in [5.74, 6) is -1.73. The second-order valence-electron chi connectivity index (χ2n) is 10.2. The number of nitrogens with one attached hydrogen (secondary N) is 1. The van der Waals surface area contributed by atoms with Gasteiger partial charge in [-0.2, -0.15) is 21.6 Å². The molecule has 204 valence electrons. The van der Waals surface area contributed by atoms with E-state index in [9.17, 15) is 31.2 Å². The molecule has 1 saturated carbocycles. The molecule has 1 atom stereocenters. The largest absolute Gasteiger partial charge is 0.534 e. The first-order chi connectivity index (χ1) is 17.0. The van der Waals surface area contributed by atoms with Crippen molar-refractivity contribution in [2.24, 2.45) is 0 Å². The SMILES string of the molecule is Cc1c(N2CCC(NC(=O)OC(C)(C)C)C2)c(F)cc2c(OS(=O)(=O)C(F)(F)F)cc(=O)n(C3CC3)c12. The van der Waals surface area contributed by atoms with E-state index in [4.69, 9.17) is 4.74 Å². The molecule has 0 radical (unpaired) electrons. The highest BCUT2D eigenvalue weighted by molar-refractivity contribution is 7.88. The van der Waals surface area contributed by atoms with Gasteiger partial charge in [0.25, 0.3) is 5.56 Å². The van der Waals surface area contributed by atoms with Crippen LogP contribution in [0.15, 0.2) is 16.9 Å². The number of benzene rings is 1. The lowest BCUT2D eigenvalue weighted by molar-refractivity contribution is -0.0499. The minimum absolute atomic E-state index is 0.0994. The fourth-order valence-corrected chi connectivity index (χ4v) is 4.97. The maximum Gasteiger partial charge on any atom is 0.534 e. The van der Waals surface area contributed by atoms with E-state index >= 15 is 4.39 Å². The Bertz CT molecular complexity index is 1410. The second-order valence-corrected chi connectivity index (χ2v) is 11.8. The van der Waals surface area contributed by atoms with Gasteiger partial charge in [-0.05, 0) is 58.6 Å². The van der Waals surface area contributed by atoms with Crippen LogP contribution in [-0.2, 0) is 14.9 Å². The van der Waals surface area contributed by atoms with Gasteiger partial charge in [0.15, 0.2) is 5.75 Å². The molecule has 2 fully saturated rings. The van der Waals surface area contributed by atoms with Crippen molar-refractivity contribution in [1.29, 1.82) is 0 Å². The first-order valence-electron chi connectivity index (χ1n) is 11.6. The topological polar surface area (TPSA) is 107 Å². The second kappa shape index (κ2) is 9.07. The van der Waals surface area contributed by atoms with Crippen molar-refractivity contribution in [2.75, 3.05) is 18.0 Å². The number of ether oxygens (including phenoxy) is 1. The van der Waals surface area contributed by atoms with Gasteiger partial charge in [0.1, 0.15) is 11.4 Å². The fourth-order valence-electron chi connectivity index (χ4n) is 4.50. The van der Waals surface area contributed by atoms with Crippen LogP contribution in [0, 0.1) is 12.7 Å². The third kappa shape index (κ3) is 5.48. The van der Waals surface area contributed by atoms with Gasteiger partial charge in [-0.1, -0.05) is 0 Å². The van der Waals surface area contributed by atoms with Crippen molar-refractivity contribution in [3.05, 3.63) is 33.9 Å². The summed E-state index contributed by atoms with van der Waals surface area (Å²) in [5.41, 5.74) is -6.74. The summed E-state index contributed by atoms with van der Waals surface area (Å²) in [5, 5.41) is 2.47. The molecule has 1 aromatic carbocycles. The van der Waals surface area contributed by atoms with Crippen molar-refractivity contribution in [2.45, 2.75) is 70.2 Å². The molecule has 1 aromatic heterocycles. The molecule has 1 amide bonds. The van der Waals surface area contributed by atoms with Gasteiger partial charge >= 0.3 is 21.7 Å². The highest BCUT2D eigenvalue weighted by Crippen LogP contribution is 2.42. The summed E-state index contributed by atoms with van der Waals surface area (Å²) in [6.07, 6.45) is 1.12. The van der Waals surface area contributed by atoms with Crippen LogP contribution in [0.1, 0.15) is 51.6 Å². The zero-order chi connectivity index (χ0) is 27.5. The molecule has 4 rings (SSSR count). The summed E-state index contributed by atoms with van der Waals surface area (Å²) in [6, 6.07) is 0.910. The summed E-state index contributed by atoms with van der Waals surface area (Å²) in [7, 11) is -6.09. The summed E-state index contributed by atoms with van der Waals surface area (Å²) < 4.78 is 88.6. The van der Waals surface area contributed by atoms with Gasteiger partial charge in [-0.15, -0.1) is 0 Å². The van der Waals surface area contributed by atoms with Crippen LogP contribution in [0.2, 0.25) is 0 Å². The average molecular weight is 550 g/mol. The highest BCUT2D eigenvalue weighted by atomic mass is 32.2. The number of hydrogen-bond donors (Lipinski definition) is 1. The molecular formula is C23H27F4N3O6S. The number of nitrogens with zero attached hydrogens (tertiary/aromatic N) is 2. The number of amides is 1. The van der Waals surface area contributed by atoms with Gasteiger partial charge in [-0.25, -0.2) is 9.18 Å². The van der Waals surface area contributed by atoms with Crippen molar-refractivity contribution >= 4 is 32.8 Å². The number of aromatic nitrogens is 1. The van der Waals surface area contributed by atoms with Crippen LogP contribution in [0.25, 0.3) is 10.9 Å². The Labute approximate surface area is 210 Å². The zero-order valence-corrected chi connectivity index (χ0v) is 21.4. The lowest BCUT2D eigenvalue weighted by Crippen LogP contribution is -2.40. The fraction of sp³-hybridized carbons (Fsp3) is 0.565. The Hall–Kier alpha value is -3.03. The Morgan fingerprint density at radius 2 is 1.78 bits per heavy atom. The Morgan fingerprint density at radius 3 is 2.35 bits per heavy atom. The smallest absolute Gasteiger partial charge is 0.444 e. The molecule has 9 nitrogen and oxygen atoms in total. The maximum atomic E-state index is 15.5. The van der Waals surface area contributed by atoms with E-state index in [0.29, 0.717) is 31.9 Å². The van der Waals surface area contributed by atoms with Gasteiger partial charge in [-0.3, -0.25) is 4.79 Å². The molecule has 37 heavy (non-hydrogen) atoms. The normalized spacial score (nSPS) is 18.8. The van der Waals surface area contributed by atoms with Crippen molar-refractivity contribution in [1.82, 2.24) is 9.88 Å². The first kappa shape index (κ1) is 27.0. The number of pyridine rings is 1. The highest BCUT2D eigenvalue weighted by Gasteiger charge is 2.49. The third-order valence-electron chi connectivity index (χ3n) is 6.08. The number of carbonyl (C=O) groups excluding carboxylic acids is 1.